The minimum atomic E-state index is -3.92. The van der Waals surface area contributed by atoms with Crippen molar-refractivity contribution in [2.45, 2.75) is 11.8 Å². The molecule has 0 radical (unpaired) electrons. The zero-order valence-electron chi connectivity index (χ0n) is 15.4. The SMILES string of the molecule is CCN1CCN(C(=O)c2cccc(S(=O)(=O)Nc3cc(Cl)ccc3Cl)c2)CC1. The molecule has 2 aromatic rings. The van der Waals surface area contributed by atoms with Crippen LogP contribution in [-0.4, -0.2) is 56.8 Å². The van der Waals surface area contributed by atoms with Gasteiger partial charge in [-0.15, -0.1) is 0 Å². The van der Waals surface area contributed by atoms with Gasteiger partial charge in [0.25, 0.3) is 15.9 Å². The fourth-order valence-corrected chi connectivity index (χ4v) is 4.53. The summed E-state index contributed by atoms with van der Waals surface area (Å²) in [4.78, 5) is 16.8. The van der Waals surface area contributed by atoms with Crippen LogP contribution >= 0.6 is 23.2 Å². The Labute approximate surface area is 175 Å². The lowest BCUT2D eigenvalue weighted by Gasteiger charge is -2.34. The number of hydrogen-bond acceptors (Lipinski definition) is 4. The molecule has 9 heteroatoms. The van der Waals surface area contributed by atoms with Gasteiger partial charge in [-0.2, -0.15) is 0 Å². The van der Waals surface area contributed by atoms with Crippen molar-refractivity contribution in [3.63, 3.8) is 0 Å². The summed E-state index contributed by atoms with van der Waals surface area (Å²) in [5.41, 5.74) is 0.520. The van der Waals surface area contributed by atoms with Crippen molar-refractivity contribution >= 4 is 44.8 Å². The quantitative estimate of drug-likeness (QED) is 0.769. The second-order valence-electron chi connectivity index (χ2n) is 6.48. The van der Waals surface area contributed by atoms with Crippen LogP contribution < -0.4 is 4.72 Å². The zero-order valence-corrected chi connectivity index (χ0v) is 17.7. The summed E-state index contributed by atoms with van der Waals surface area (Å²) in [6.07, 6.45) is 0. The average Bonchev–Trinajstić information content (AvgIpc) is 2.70. The number of amides is 1. The number of nitrogens with one attached hydrogen (secondary N) is 1. The smallest absolute Gasteiger partial charge is 0.261 e. The van der Waals surface area contributed by atoms with Crippen LogP contribution in [-0.2, 0) is 10.0 Å². The minimum Gasteiger partial charge on any atom is -0.336 e. The van der Waals surface area contributed by atoms with Crippen molar-refractivity contribution in [2.24, 2.45) is 0 Å². The molecule has 0 unspecified atom stereocenters. The van der Waals surface area contributed by atoms with Gasteiger partial charge in [-0.3, -0.25) is 9.52 Å². The van der Waals surface area contributed by atoms with Gasteiger partial charge < -0.3 is 9.80 Å². The Balaban J connectivity index is 1.80. The third-order valence-electron chi connectivity index (χ3n) is 4.67. The standard InChI is InChI=1S/C19H21Cl2N3O3S/c1-2-23-8-10-24(11-9-23)19(25)14-4-3-5-16(12-14)28(26,27)22-18-13-15(20)6-7-17(18)21/h3-7,12-13,22H,2,8-11H2,1H3. The van der Waals surface area contributed by atoms with Crippen LogP contribution in [0.3, 0.4) is 0 Å². The lowest BCUT2D eigenvalue weighted by atomic mass is 10.2. The summed E-state index contributed by atoms with van der Waals surface area (Å²) < 4.78 is 27.9. The molecule has 3 rings (SSSR count). The van der Waals surface area contributed by atoms with Gasteiger partial charge in [0.1, 0.15) is 0 Å². The first-order chi connectivity index (χ1) is 13.3. The van der Waals surface area contributed by atoms with E-state index < -0.39 is 10.0 Å². The highest BCUT2D eigenvalue weighted by Gasteiger charge is 2.23. The normalized spacial score (nSPS) is 15.5. The number of halogens is 2. The molecule has 1 fully saturated rings. The Morgan fingerprint density at radius 2 is 1.79 bits per heavy atom. The molecule has 0 spiro atoms. The Morgan fingerprint density at radius 1 is 1.07 bits per heavy atom. The van der Waals surface area contributed by atoms with Gasteiger partial charge in [-0.1, -0.05) is 36.2 Å². The second kappa shape index (κ2) is 8.69. The summed E-state index contributed by atoms with van der Waals surface area (Å²) in [5.74, 6) is -0.173. The molecule has 1 heterocycles. The van der Waals surface area contributed by atoms with E-state index in [1.54, 1.807) is 23.1 Å². The Bertz CT molecular complexity index is 974. The van der Waals surface area contributed by atoms with E-state index >= 15 is 0 Å². The van der Waals surface area contributed by atoms with E-state index in [9.17, 15) is 13.2 Å². The fourth-order valence-electron chi connectivity index (χ4n) is 3.03. The van der Waals surface area contributed by atoms with E-state index in [-0.39, 0.29) is 21.5 Å². The number of nitrogens with zero attached hydrogens (tertiary/aromatic N) is 2. The first-order valence-electron chi connectivity index (χ1n) is 8.89. The zero-order chi connectivity index (χ0) is 20.3. The van der Waals surface area contributed by atoms with Gasteiger partial charge in [0.05, 0.1) is 15.6 Å². The van der Waals surface area contributed by atoms with Crippen LogP contribution in [0.4, 0.5) is 5.69 Å². The molecular formula is C19H21Cl2N3O3S. The van der Waals surface area contributed by atoms with Gasteiger partial charge in [-0.25, -0.2) is 8.42 Å². The summed E-state index contributed by atoms with van der Waals surface area (Å²) in [6.45, 7) is 5.92. The monoisotopic (exact) mass is 441 g/mol. The molecule has 2 aromatic carbocycles. The molecule has 150 valence electrons. The lowest BCUT2D eigenvalue weighted by molar-refractivity contribution is 0.0643. The van der Waals surface area contributed by atoms with Gasteiger partial charge >= 0.3 is 0 Å². The van der Waals surface area contributed by atoms with E-state index in [4.69, 9.17) is 23.2 Å². The number of likely N-dealkylation sites (N-methyl/N-ethyl adjacent to an activating group) is 1. The van der Waals surface area contributed by atoms with Crippen LogP contribution in [0.5, 0.6) is 0 Å². The molecule has 1 aliphatic heterocycles. The van der Waals surface area contributed by atoms with Crippen molar-refractivity contribution in [2.75, 3.05) is 37.4 Å². The number of piperazine rings is 1. The van der Waals surface area contributed by atoms with Crippen LogP contribution in [0.2, 0.25) is 10.0 Å². The Hall–Kier alpha value is -1.80. The van der Waals surface area contributed by atoms with Crippen LogP contribution in [0.15, 0.2) is 47.4 Å². The molecule has 1 aliphatic rings. The van der Waals surface area contributed by atoms with Gasteiger partial charge in [0, 0.05) is 36.8 Å². The largest absolute Gasteiger partial charge is 0.336 e. The number of anilines is 1. The first-order valence-corrected chi connectivity index (χ1v) is 11.1. The highest BCUT2D eigenvalue weighted by molar-refractivity contribution is 7.92. The number of hydrogen-bond donors (Lipinski definition) is 1. The van der Waals surface area contributed by atoms with Gasteiger partial charge in [-0.05, 0) is 42.9 Å². The molecule has 0 aliphatic carbocycles. The second-order valence-corrected chi connectivity index (χ2v) is 9.01. The highest BCUT2D eigenvalue weighted by Crippen LogP contribution is 2.28. The van der Waals surface area contributed by atoms with Crippen molar-refractivity contribution in [1.82, 2.24) is 9.80 Å². The maximum atomic E-state index is 12.8. The topological polar surface area (TPSA) is 69.7 Å². The molecule has 0 aromatic heterocycles. The van der Waals surface area contributed by atoms with Crippen molar-refractivity contribution in [3.05, 3.63) is 58.1 Å². The Kier molecular flexibility index (Phi) is 6.50. The van der Waals surface area contributed by atoms with E-state index in [2.05, 4.69) is 16.5 Å². The minimum absolute atomic E-state index is 0.0124. The molecular weight excluding hydrogens is 421 g/mol. The molecule has 0 bridgehead atoms. The van der Waals surface area contributed by atoms with Crippen LogP contribution in [0, 0.1) is 0 Å². The molecule has 1 amide bonds. The number of rotatable bonds is 5. The Morgan fingerprint density at radius 3 is 2.46 bits per heavy atom. The predicted octanol–water partition coefficient (Wildman–Crippen LogP) is 3.57. The van der Waals surface area contributed by atoms with Gasteiger partial charge in [0.2, 0.25) is 0 Å². The average molecular weight is 442 g/mol. The summed E-state index contributed by atoms with van der Waals surface area (Å²) in [6, 6.07) is 10.5. The van der Waals surface area contributed by atoms with E-state index in [0.717, 1.165) is 19.6 Å². The molecule has 0 saturated carbocycles. The van der Waals surface area contributed by atoms with Crippen molar-refractivity contribution in [1.29, 1.82) is 0 Å². The predicted molar refractivity (Wildman–Crippen MR) is 112 cm³/mol. The summed E-state index contributed by atoms with van der Waals surface area (Å²) in [7, 11) is -3.92. The molecule has 0 atom stereocenters. The molecule has 1 N–H and O–H groups in total. The van der Waals surface area contributed by atoms with E-state index in [1.165, 1.54) is 24.3 Å². The molecule has 6 nitrogen and oxygen atoms in total. The number of carbonyl (C=O) groups excluding carboxylic acids is 1. The summed E-state index contributed by atoms with van der Waals surface area (Å²) >= 11 is 12.0. The molecule has 28 heavy (non-hydrogen) atoms. The van der Waals surface area contributed by atoms with Crippen molar-refractivity contribution < 1.29 is 13.2 Å². The van der Waals surface area contributed by atoms with Crippen LogP contribution in [0.25, 0.3) is 0 Å². The summed E-state index contributed by atoms with van der Waals surface area (Å²) in [5, 5.41) is 0.589. The maximum Gasteiger partial charge on any atom is 0.261 e. The van der Waals surface area contributed by atoms with E-state index in [0.29, 0.717) is 23.7 Å². The third-order valence-corrected chi connectivity index (χ3v) is 6.60. The first kappa shape index (κ1) is 20.9. The van der Waals surface area contributed by atoms with Gasteiger partial charge in [0.15, 0.2) is 0 Å². The maximum absolute atomic E-state index is 12.8. The van der Waals surface area contributed by atoms with Crippen LogP contribution in [0.1, 0.15) is 17.3 Å². The number of carbonyl (C=O) groups is 1. The molecule has 1 saturated heterocycles. The fraction of sp³-hybridized carbons (Fsp3) is 0.316. The number of sulfonamides is 1. The van der Waals surface area contributed by atoms with E-state index in [1.807, 2.05) is 0 Å². The van der Waals surface area contributed by atoms with Crippen molar-refractivity contribution in [3.8, 4) is 0 Å². The lowest BCUT2D eigenvalue weighted by Crippen LogP contribution is -2.48. The third kappa shape index (κ3) is 4.78. The number of benzene rings is 2. The highest BCUT2D eigenvalue weighted by atomic mass is 35.5.